The second kappa shape index (κ2) is 2.38. The van der Waals surface area contributed by atoms with Crippen LogP contribution in [-0.2, 0) is 7.05 Å². The van der Waals surface area contributed by atoms with Crippen molar-refractivity contribution in [1.82, 2.24) is 9.55 Å². The zero-order valence-corrected chi connectivity index (χ0v) is 5.68. The van der Waals surface area contributed by atoms with E-state index >= 15 is 0 Å². The fourth-order valence-corrected chi connectivity index (χ4v) is 0.674. The van der Waals surface area contributed by atoms with Gasteiger partial charge in [-0.3, -0.25) is 0 Å². The van der Waals surface area contributed by atoms with Gasteiger partial charge < -0.3 is 10.1 Å². The third-order valence-electron chi connectivity index (χ3n) is 1.25. The summed E-state index contributed by atoms with van der Waals surface area (Å²) >= 11 is 0. The minimum atomic E-state index is -0.589. The molecule has 0 aliphatic carbocycles. The molecule has 0 fully saturated rings. The SMILES string of the molecule is Cn1c([N+](=O)[O-])cnc1[14C]#N. The smallest absolute Gasteiger partial charge is 0.343 e. The Morgan fingerprint density at radius 2 is 2.55 bits per heavy atom. The van der Waals surface area contributed by atoms with Crippen molar-refractivity contribution in [3.63, 3.8) is 0 Å². The van der Waals surface area contributed by atoms with Crippen molar-refractivity contribution in [2.24, 2.45) is 7.05 Å². The second-order valence-electron chi connectivity index (χ2n) is 1.87. The molecule has 0 bridgehead atoms. The molecular weight excluding hydrogens is 150 g/mol. The Morgan fingerprint density at radius 3 is 2.82 bits per heavy atom. The van der Waals surface area contributed by atoms with Crippen molar-refractivity contribution in [2.75, 3.05) is 0 Å². The zero-order valence-electron chi connectivity index (χ0n) is 5.68. The number of nitrogens with zero attached hydrogens (tertiary/aromatic N) is 4. The van der Waals surface area contributed by atoms with E-state index in [1.165, 1.54) is 7.05 Å². The third-order valence-corrected chi connectivity index (χ3v) is 1.25. The molecule has 0 aliphatic rings. The van der Waals surface area contributed by atoms with Gasteiger partial charge >= 0.3 is 11.6 Å². The number of nitriles is 1. The molecule has 11 heavy (non-hydrogen) atoms. The average molecular weight is 154 g/mol. The molecule has 1 rings (SSSR count). The number of nitro groups is 1. The molecule has 0 N–H and O–H groups in total. The van der Waals surface area contributed by atoms with E-state index in [1.54, 1.807) is 6.07 Å². The Morgan fingerprint density at radius 1 is 1.91 bits per heavy atom. The molecule has 6 nitrogen and oxygen atoms in total. The van der Waals surface area contributed by atoms with Crippen molar-refractivity contribution >= 4 is 5.82 Å². The van der Waals surface area contributed by atoms with Gasteiger partial charge in [0.2, 0.25) is 0 Å². The van der Waals surface area contributed by atoms with Crippen LogP contribution in [0.2, 0.25) is 0 Å². The van der Waals surface area contributed by atoms with Crippen LogP contribution in [0.5, 0.6) is 0 Å². The molecule has 0 saturated heterocycles. The highest BCUT2D eigenvalue weighted by Crippen LogP contribution is 2.09. The van der Waals surface area contributed by atoms with Crippen molar-refractivity contribution in [1.29, 1.82) is 5.26 Å². The van der Waals surface area contributed by atoms with E-state index in [-0.39, 0.29) is 11.6 Å². The van der Waals surface area contributed by atoms with Gasteiger partial charge in [0.25, 0.3) is 0 Å². The Bertz CT molecular complexity index is 335. The van der Waals surface area contributed by atoms with Gasteiger partial charge in [-0.2, -0.15) is 10.2 Å². The van der Waals surface area contributed by atoms with Crippen LogP contribution in [0.1, 0.15) is 5.82 Å². The lowest BCUT2D eigenvalue weighted by Gasteiger charge is -1.91. The summed E-state index contributed by atoms with van der Waals surface area (Å²) in [5, 5.41) is 18.5. The van der Waals surface area contributed by atoms with E-state index in [2.05, 4.69) is 4.98 Å². The summed E-state index contributed by atoms with van der Waals surface area (Å²) in [6, 6.07) is 1.72. The maximum absolute atomic E-state index is 10.2. The van der Waals surface area contributed by atoms with Gasteiger partial charge in [0.1, 0.15) is 6.20 Å². The first kappa shape index (κ1) is 7.21. The summed E-state index contributed by atoms with van der Waals surface area (Å²) in [4.78, 5) is 13.1. The molecule has 0 aliphatic heterocycles. The number of imidazole rings is 1. The number of hydrogen-bond donors (Lipinski definition) is 0. The summed E-state index contributed by atoms with van der Waals surface area (Å²) in [5.41, 5.74) is 0. The molecule has 1 heterocycles. The molecule has 0 amide bonds. The van der Waals surface area contributed by atoms with Crippen LogP contribution in [0, 0.1) is 21.4 Å². The second-order valence-corrected chi connectivity index (χ2v) is 1.87. The number of aromatic nitrogens is 2. The summed E-state index contributed by atoms with van der Waals surface area (Å²) < 4.78 is 1.12. The molecule has 56 valence electrons. The van der Waals surface area contributed by atoms with E-state index in [0.717, 1.165) is 10.8 Å². The van der Waals surface area contributed by atoms with Crippen LogP contribution in [-0.4, -0.2) is 14.5 Å². The van der Waals surface area contributed by atoms with Gasteiger partial charge in [-0.05, 0) is 4.92 Å². The van der Waals surface area contributed by atoms with Crippen LogP contribution in [0.15, 0.2) is 6.20 Å². The van der Waals surface area contributed by atoms with E-state index in [9.17, 15) is 10.1 Å². The monoisotopic (exact) mass is 154 g/mol. The van der Waals surface area contributed by atoms with E-state index in [0.29, 0.717) is 0 Å². The predicted octanol–water partition coefficient (Wildman–Crippen LogP) is 0.200. The lowest BCUT2D eigenvalue weighted by atomic mass is 10.7. The lowest BCUT2D eigenvalue weighted by Crippen LogP contribution is -1.98. The first-order valence-corrected chi connectivity index (χ1v) is 2.73. The minimum Gasteiger partial charge on any atom is -0.358 e. The highest BCUT2D eigenvalue weighted by Gasteiger charge is 2.14. The minimum absolute atomic E-state index is 0.0386. The molecule has 0 spiro atoms. The number of hydrogen-bond acceptors (Lipinski definition) is 4. The van der Waals surface area contributed by atoms with Gasteiger partial charge in [0.15, 0.2) is 6.07 Å². The van der Waals surface area contributed by atoms with Crippen LogP contribution in [0.3, 0.4) is 0 Å². The largest absolute Gasteiger partial charge is 0.358 e. The highest BCUT2D eigenvalue weighted by atomic mass is 16.6. The fourth-order valence-electron chi connectivity index (χ4n) is 0.674. The summed E-state index contributed by atoms with van der Waals surface area (Å²) in [6.07, 6.45) is 1.05. The third kappa shape index (κ3) is 1.03. The topological polar surface area (TPSA) is 84.8 Å². The summed E-state index contributed by atoms with van der Waals surface area (Å²) in [5.74, 6) is -0.141. The van der Waals surface area contributed by atoms with Crippen molar-refractivity contribution in [3.05, 3.63) is 22.1 Å². The van der Waals surface area contributed by atoms with E-state index in [1.807, 2.05) is 0 Å². The Labute approximate surface area is 61.8 Å². The Hall–Kier alpha value is -1.90. The molecule has 1 aromatic heterocycles. The fraction of sp³-hybridized carbons (Fsp3) is 0.200. The molecule has 0 aromatic carbocycles. The van der Waals surface area contributed by atoms with Gasteiger partial charge in [-0.1, -0.05) is 0 Å². The van der Waals surface area contributed by atoms with Gasteiger partial charge in [-0.15, -0.1) is 0 Å². The lowest BCUT2D eigenvalue weighted by molar-refractivity contribution is -0.391. The molecule has 0 unspecified atom stereocenters. The standard InChI is InChI=1S/C5H4N4O2/c1-8-4(2-6)7-3-5(8)9(10)11/h3H,1H3/i2+2. The van der Waals surface area contributed by atoms with Crippen LogP contribution < -0.4 is 0 Å². The van der Waals surface area contributed by atoms with E-state index in [4.69, 9.17) is 5.26 Å². The Kier molecular flexibility index (Phi) is 1.56. The molecule has 0 atom stereocenters. The number of rotatable bonds is 1. The average Bonchev–Trinajstić information content (AvgIpc) is 2.30. The molecular formula is C5H4N4O2. The van der Waals surface area contributed by atoms with Crippen LogP contribution in [0.25, 0.3) is 0 Å². The zero-order chi connectivity index (χ0) is 8.43. The molecule has 0 radical (unpaired) electrons. The summed E-state index contributed by atoms with van der Waals surface area (Å²) in [7, 11) is 1.42. The van der Waals surface area contributed by atoms with E-state index < -0.39 is 4.92 Å². The first-order chi connectivity index (χ1) is 5.16. The highest BCUT2D eigenvalue weighted by molar-refractivity contribution is 5.25. The van der Waals surface area contributed by atoms with Crippen molar-refractivity contribution in [3.8, 4) is 6.07 Å². The maximum atomic E-state index is 10.2. The molecule has 0 saturated carbocycles. The van der Waals surface area contributed by atoms with Crippen LogP contribution >= 0.6 is 0 Å². The summed E-state index contributed by atoms with van der Waals surface area (Å²) in [6.45, 7) is 0. The maximum Gasteiger partial charge on any atom is 0.343 e. The predicted molar refractivity (Wildman–Crippen MR) is 34.6 cm³/mol. The van der Waals surface area contributed by atoms with Crippen molar-refractivity contribution in [2.45, 2.75) is 0 Å². The van der Waals surface area contributed by atoms with Gasteiger partial charge in [-0.25, -0.2) is 4.57 Å². The van der Waals surface area contributed by atoms with Gasteiger partial charge in [0.05, 0.1) is 7.05 Å². The molecule has 6 heteroatoms. The Balaban J connectivity index is 3.24. The molecule has 1 aromatic rings. The first-order valence-electron chi connectivity index (χ1n) is 2.73. The quantitative estimate of drug-likeness (QED) is 0.427. The van der Waals surface area contributed by atoms with Crippen molar-refractivity contribution < 1.29 is 4.92 Å². The normalized spacial score (nSPS) is 9.09. The van der Waals surface area contributed by atoms with Gasteiger partial charge in [0, 0.05) is 0 Å². The van der Waals surface area contributed by atoms with Crippen LogP contribution in [0.4, 0.5) is 5.82 Å².